The molecule has 3 aromatic rings. The first kappa shape index (κ1) is 32.7. The summed E-state index contributed by atoms with van der Waals surface area (Å²) in [6.45, 7) is 2.92. The number of carbonyl (C=O) groups excluding carboxylic acids is 3. The summed E-state index contributed by atoms with van der Waals surface area (Å²) < 4.78 is 51.1. The fraction of sp³-hybridized carbons (Fsp3) is 0.344. The predicted molar refractivity (Wildman–Crippen MR) is 154 cm³/mol. The van der Waals surface area contributed by atoms with E-state index in [9.17, 15) is 27.6 Å². The van der Waals surface area contributed by atoms with E-state index >= 15 is 0 Å². The maximum atomic E-state index is 13.4. The molecular formula is C32H33ClF3NO5. The Balaban J connectivity index is 1.84. The van der Waals surface area contributed by atoms with Crippen LogP contribution in [0.25, 0.3) is 0 Å². The minimum Gasteiger partial charge on any atom is -0.497 e. The maximum absolute atomic E-state index is 13.4. The van der Waals surface area contributed by atoms with Crippen molar-refractivity contribution in [3.8, 4) is 11.5 Å². The fourth-order valence-corrected chi connectivity index (χ4v) is 4.57. The predicted octanol–water partition coefficient (Wildman–Crippen LogP) is 6.95. The van der Waals surface area contributed by atoms with E-state index in [1.165, 1.54) is 21.0 Å². The monoisotopic (exact) mass is 603 g/mol. The topological polar surface area (TPSA) is 81.7 Å². The number of alkyl halides is 3. The summed E-state index contributed by atoms with van der Waals surface area (Å²) >= 11 is 6.04. The van der Waals surface area contributed by atoms with Gasteiger partial charge in [0.2, 0.25) is 11.7 Å². The SMILES string of the molecule is COc1ccc(OC(CC(=O)N[C@@H](Cc2ccccc2)C(=O)C[C@H](C(=O)C(F)(F)F)C(C)C)c2ccc(Cl)cc2)cc1. The highest BCUT2D eigenvalue weighted by Gasteiger charge is 2.45. The minimum absolute atomic E-state index is 0.0430. The Bertz CT molecular complexity index is 1330. The number of carbonyl (C=O) groups is 3. The van der Waals surface area contributed by atoms with E-state index in [1.54, 1.807) is 78.9 Å². The van der Waals surface area contributed by atoms with Gasteiger partial charge < -0.3 is 14.8 Å². The molecule has 42 heavy (non-hydrogen) atoms. The van der Waals surface area contributed by atoms with Gasteiger partial charge in [-0.3, -0.25) is 14.4 Å². The molecule has 0 radical (unpaired) electrons. The molecule has 0 fully saturated rings. The number of benzene rings is 3. The van der Waals surface area contributed by atoms with Gasteiger partial charge in [0.25, 0.3) is 0 Å². The van der Waals surface area contributed by atoms with Crippen LogP contribution >= 0.6 is 11.6 Å². The quantitative estimate of drug-likeness (QED) is 0.216. The molecule has 1 N–H and O–H groups in total. The number of rotatable bonds is 14. The lowest BCUT2D eigenvalue weighted by molar-refractivity contribution is -0.177. The lowest BCUT2D eigenvalue weighted by Gasteiger charge is -2.25. The number of nitrogens with one attached hydrogen (secondary N) is 1. The molecule has 0 aliphatic rings. The molecule has 3 rings (SSSR count). The Morgan fingerprint density at radius 3 is 2.00 bits per heavy atom. The van der Waals surface area contributed by atoms with Gasteiger partial charge in [-0.15, -0.1) is 0 Å². The van der Waals surface area contributed by atoms with Gasteiger partial charge in [-0.05, 0) is 59.9 Å². The van der Waals surface area contributed by atoms with Crippen molar-refractivity contribution in [3.05, 3.63) is 95.0 Å². The Kier molecular flexibility index (Phi) is 11.6. The summed E-state index contributed by atoms with van der Waals surface area (Å²) in [7, 11) is 1.53. The van der Waals surface area contributed by atoms with Crippen molar-refractivity contribution < 1.29 is 37.0 Å². The average Bonchev–Trinajstić information content (AvgIpc) is 2.95. The summed E-state index contributed by atoms with van der Waals surface area (Å²) in [5.74, 6) is -4.38. The van der Waals surface area contributed by atoms with E-state index in [0.717, 1.165) is 0 Å². The lowest BCUT2D eigenvalue weighted by Crippen LogP contribution is -2.45. The number of ether oxygens (including phenoxy) is 2. The van der Waals surface area contributed by atoms with E-state index in [-0.39, 0.29) is 12.8 Å². The normalized spacial score (nSPS) is 13.6. The molecule has 6 nitrogen and oxygen atoms in total. The van der Waals surface area contributed by atoms with Gasteiger partial charge in [0.05, 0.1) is 19.6 Å². The average molecular weight is 604 g/mol. The highest BCUT2D eigenvalue weighted by atomic mass is 35.5. The number of halogens is 4. The van der Waals surface area contributed by atoms with Gasteiger partial charge in [0, 0.05) is 17.4 Å². The summed E-state index contributed by atoms with van der Waals surface area (Å²) in [4.78, 5) is 38.8. The van der Waals surface area contributed by atoms with Crippen molar-refractivity contribution in [3.63, 3.8) is 0 Å². The van der Waals surface area contributed by atoms with Crippen LogP contribution in [0.1, 0.15) is 43.9 Å². The summed E-state index contributed by atoms with van der Waals surface area (Å²) in [6.07, 6.45) is -6.67. The standard InChI is InChI=1S/C32H33ClF3NO5/c1-20(2)26(31(40)32(34,35)36)18-28(38)27(17-21-7-5-4-6-8-21)37-30(39)19-29(22-9-11-23(33)12-10-22)42-25-15-13-24(41-3)14-16-25/h4-16,20,26-27,29H,17-19H2,1-3H3,(H,37,39)/t26-,27-,29?/m0/s1. The van der Waals surface area contributed by atoms with Crippen molar-refractivity contribution in [1.82, 2.24) is 5.32 Å². The van der Waals surface area contributed by atoms with Gasteiger partial charge in [-0.1, -0.05) is 67.9 Å². The second-order valence-corrected chi connectivity index (χ2v) is 10.7. The zero-order valence-corrected chi connectivity index (χ0v) is 24.2. The first-order valence-electron chi connectivity index (χ1n) is 13.4. The molecular weight excluding hydrogens is 571 g/mol. The first-order chi connectivity index (χ1) is 19.9. The first-order valence-corrected chi connectivity index (χ1v) is 13.8. The number of hydrogen-bond acceptors (Lipinski definition) is 5. The molecule has 0 spiro atoms. The van der Waals surface area contributed by atoms with Crippen molar-refractivity contribution in [1.29, 1.82) is 0 Å². The Labute approximate surface area is 248 Å². The van der Waals surface area contributed by atoms with Gasteiger partial charge in [0.1, 0.15) is 17.6 Å². The van der Waals surface area contributed by atoms with E-state index in [1.807, 2.05) is 0 Å². The van der Waals surface area contributed by atoms with Crippen LogP contribution in [0.15, 0.2) is 78.9 Å². The van der Waals surface area contributed by atoms with Crippen LogP contribution in [0, 0.1) is 11.8 Å². The lowest BCUT2D eigenvalue weighted by atomic mass is 9.84. The molecule has 3 aromatic carbocycles. The van der Waals surface area contributed by atoms with E-state index < -0.39 is 54.1 Å². The van der Waals surface area contributed by atoms with Crippen molar-refractivity contribution in [2.75, 3.05) is 7.11 Å². The molecule has 0 aliphatic carbocycles. The second kappa shape index (κ2) is 14.9. The molecule has 0 saturated heterocycles. The fourth-order valence-electron chi connectivity index (χ4n) is 4.44. The van der Waals surface area contributed by atoms with Crippen LogP contribution in [0.5, 0.6) is 11.5 Å². The van der Waals surface area contributed by atoms with E-state index in [4.69, 9.17) is 21.1 Å². The Morgan fingerprint density at radius 2 is 1.45 bits per heavy atom. The zero-order chi connectivity index (χ0) is 30.9. The van der Waals surface area contributed by atoms with E-state index in [2.05, 4.69) is 5.32 Å². The molecule has 1 amide bonds. The molecule has 0 heterocycles. The highest BCUT2D eigenvalue weighted by Crippen LogP contribution is 2.30. The smallest absolute Gasteiger partial charge is 0.450 e. The molecule has 1 unspecified atom stereocenters. The van der Waals surface area contributed by atoms with Gasteiger partial charge in [-0.2, -0.15) is 13.2 Å². The Hall–Kier alpha value is -3.85. The molecule has 0 saturated carbocycles. The molecule has 224 valence electrons. The van der Waals surface area contributed by atoms with Crippen LogP contribution < -0.4 is 14.8 Å². The van der Waals surface area contributed by atoms with Gasteiger partial charge in [0.15, 0.2) is 5.78 Å². The summed E-state index contributed by atoms with van der Waals surface area (Å²) in [5, 5.41) is 3.19. The molecule has 0 bridgehead atoms. The van der Waals surface area contributed by atoms with Crippen LogP contribution in [0.4, 0.5) is 13.2 Å². The zero-order valence-electron chi connectivity index (χ0n) is 23.5. The highest BCUT2D eigenvalue weighted by molar-refractivity contribution is 6.30. The molecule has 3 atom stereocenters. The van der Waals surface area contributed by atoms with Gasteiger partial charge >= 0.3 is 6.18 Å². The second-order valence-electron chi connectivity index (χ2n) is 10.2. The third kappa shape index (κ3) is 9.62. The van der Waals surface area contributed by atoms with Crippen molar-refractivity contribution >= 4 is 29.1 Å². The number of ketones is 2. The third-order valence-corrected chi connectivity index (χ3v) is 7.05. The van der Waals surface area contributed by atoms with Crippen LogP contribution in [0.3, 0.4) is 0 Å². The molecule has 0 aliphatic heterocycles. The number of amides is 1. The van der Waals surface area contributed by atoms with Crippen molar-refractivity contribution in [2.24, 2.45) is 11.8 Å². The molecule has 10 heteroatoms. The van der Waals surface area contributed by atoms with Crippen LogP contribution in [-0.4, -0.2) is 36.8 Å². The number of hydrogen-bond donors (Lipinski definition) is 1. The van der Waals surface area contributed by atoms with Crippen LogP contribution in [0.2, 0.25) is 5.02 Å². The summed E-state index contributed by atoms with van der Waals surface area (Å²) in [6, 6.07) is 21.1. The largest absolute Gasteiger partial charge is 0.497 e. The number of Topliss-reactive ketones (excluding diaryl/α,β-unsaturated/α-hetero) is 2. The minimum atomic E-state index is -5.07. The van der Waals surface area contributed by atoms with Gasteiger partial charge in [-0.25, -0.2) is 0 Å². The van der Waals surface area contributed by atoms with Crippen molar-refractivity contribution in [2.45, 2.75) is 51.4 Å². The molecule has 0 aromatic heterocycles. The third-order valence-electron chi connectivity index (χ3n) is 6.80. The van der Waals surface area contributed by atoms with E-state index in [0.29, 0.717) is 27.6 Å². The maximum Gasteiger partial charge on any atom is 0.450 e. The Morgan fingerprint density at radius 1 is 0.857 bits per heavy atom. The summed E-state index contributed by atoms with van der Waals surface area (Å²) in [5.41, 5.74) is 1.34. The van der Waals surface area contributed by atoms with Crippen LogP contribution in [-0.2, 0) is 20.8 Å². The number of methoxy groups -OCH3 is 1.